The van der Waals surface area contributed by atoms with Crippen molar-refractivity contribution in [3.63, 3.8) is 0 Å². The van der Waals surface area contributed by atoms with Crippen LogP contribution in [-0.4, -0.2) is 38.8 Å². The van der Waals surface area contributed by atoms with Crippen LogP contribution in [0.15, 0.2) is 60.4 Å². The molecule has 0 spiro atoms. The Morgan fingerprint density at radius 1 is 1.22 bits per heavy atom. The lowest BCUT2D eigenvalue weighted by Gasteiger charge is -2.07. The van der Waals surface area contributed by atoms with Gasteiger partial charge in [0.05, 0.1) is 29.3 Å². The molecule has 32 heavy (non-hydrogen) atoms. The van der Waals surface area contributed by atoms with Crippen molar-refractivity contribution in [2.24, 2.45) is 4.99 Å². The van der Waals surface area contributed by atoms with Gasteiger partial charge in [-0.2, -0.15) is 5.10 Å². The number of halogens is 1. The van der Waals surface area contributed by atoms with Gasteiger partial charge in [0, 0.05) is 25.2 Å². The molecule has 4 rings (SSSR count). The summed E-state index contributed by atoms with van der Waals surface area (Å²) in [4.78, 5) is 24.8. The number of fused-ring (bicyclic) bond motifs is 1. The lowest BCUT2D eigenvalue weighted by molar-refractivity contribution is 0.0959. The van der Waals surface area contributed by atoms with Gasteiger partial charge in [0.25, 0.3) is 11.7 Å². The van der Waals surface area contributed by atoms with Crippen molar-refractivity contribution < 1.29 is 9.18 Å². The smallest absolute Gasteiger partial charge is 0.253 e. The molecule has 0 saturated heterocycles. The molecule has 2 aromatic carbocycles. The Bertz CT molecular complexity index is 1360. The summed E-state index contributed by atoms with van der Waals surface area (Å²) in [6.45, 7) is 5.74. The fourth-order valence-electron chi connectivity index (χ4n) is 3.41. The molecule has 0 bridgehead atoms. The predicted octanol–water partition coefficient (Wildman–Crippen LogP) is 4.25. The van der Waals surface area contributed by atoms with Crippen LogP contribution in [0.2, 0.25) is 0 Å². The molecule has 0 saturated carbocycles. The third-order valence-corrected chi connectivity index (χ3v) is 5.00. The van der Waals surface area contributed by atoms with Crippen LogP contribution >= 0.6 is 0 Å². The number of aromatic nitrogens is 4. The lowest BCUT2D eigenvalue weighted by Crippen LogP contribution is -2.19. The van der Waals surface area contributed by atoms with E-state index in [1.54, 1.807) is 29.1 Å². The number of benzene rings is 2. The van der Waals surface area contributed by atoms with Crippen molar-refractivity contribution in [3.05, 3.63) is 83.6 Å². The zero-order chi connectivity index (χ0) is 22.7. The van der Waals surface area contributed by atoms with E-state index in [0.29, 0.717) is 23.5 Å². The highest BCUT2D eigenvalue weighted by Crippen LogP contribution is 2.24. The van der Waals surface area contributed by atoms with Crippen LogP contribution < -0.4 is 5.32 Å². The van der Waals surface area contributed by atoms with E-state index < -0.39 is 11.7 Å². The molecule has 0 aliphatic carbocycles. The van der Waals surface area contributed by atoms with Gasteiger partial charge in [0.1, 0.15) is 11.5 Å². The number of rotatable bonds is 6. The van der Waals surface area contributed by atoms with E-state index in [0.717, 1.165) is 22.5 Å². The second kappa shape index (κ2) is 8.89. The molecule has 0 aliphatic rings. The number of hydrogen-bond acceptors (Lipinski definition) is 5. The molecule has 160 valence electrons. The Hall–Kier alpha value is -4.20. The Kier molecular flexibility index (Phi) is 5.85. The first-order valence-corrected chi connectivity index (χ1v) is 9.99. The van der Waals surface area contributed by atoms with Crippen LogP contribution in [-0.2, 0) is 6.42 Å². The number of amides is 1. The van der Waals surface area contributed by atoms with E-state index in [-0.39, 0.29) is 5.56 Å². The predicted molar refractivity (Wildman–Crippen MR) is 123 cm³/mol. The Morgan fingerprint density at radius 3 is 2.75 bits per heavy atom. The first-order valence-electron chi connectivity index (χ1n) is 9.99. The largest absolute Gasteiger partial charge is 0.355 e. The normalized spacial score (nSPS) is 11.2. The van der Waals surface area contributed by atoms with E-state index in [1.165, 1.54) is 25.4 Å². The van der Waals surface area contributed by atoms with Crippen molar-refractivity contribution in [1.82, 2.24) is 24.9 Å². The average molecular weight is 428 g/mol. The van der Waals surface area contributed by atoms with Crippen molar-refractivity contribution in [3.8, 4) is 11.3 Å². The van der Waals surface area contributed by atoms with Crippen molar-refractivity contribution in [1.29, 1.82) is 0 Å². The highest BCUT2D eigenvalue weighted by atomic mass is 19.1. The van der Waals surface area contributed by atoms with Crippen molar-refractivity contribution in [2.45, 2.75) is 13.3 Å². The number of carbonyl (C=O) groups is 1. The summed E-state index contributed by atoms with van der Waals surface area (Å²) in [6.07, 6.45) is 7.34. The van der Waals surface area contributed by atoms with Gasteiger partial charge in [-0.1, -0.05) is 24.8 Å². The highest BCUT2D eigenvalue weighted by Gasteiger charge is 2.14. The number of carbonyl (C=O) groups excluding carboxylic acids is 1. The summed E-state index contributed by atoms with van der Waals surface area (Å²) in [5.41, 5.74) is 4.63. The molecule has 0 radical (unpaired) electrons. The highest BCUT2D eigenvalue weighted by molar-refractivity contribution is 5.94. The van der Waals surface area contributed by atoms with E-state index >= 15 is 0 Å². The minimum Gasteiger partial charge on any atom is -0.355 e. The topological polar surface area (TPSA) is 84.5 Å². The van der Waals surface area contributed by atoms with Gasteiger partial charge in [-0.3, -0.25) is 9.79 Å². The SMILES string of the molecule is C=Cc1cc(Cc2cnc3ncc(-c4ccc(C(=O)NC)c(F)c4)nn23)ccc1N=CC. The summed E-state index contributed by atoms with van der Waals surface area (Å²) in [5.74, 6) is -0.661. The minimum absolute atomic E-state index is 0.0255. The van der Waals surface area contributed by atoms with Crippen molar-refractivity contribution in [2.75, 3.05) is 7.05 Å². The average Bonchev–Trinajstić information content (AvgIpc) is 3.21. The van der Waals surface area contributed by atoms with Crippen LogP contribution in [0.1, 0.15) is 34.1 Å². The molecule has 0 atom stereocenters. The number of imidazole rings is 1. The maximum Gasteiger partial charge on any atom is 0.253 e. The number of nitrogens with one attached hydrogen (secondary N) is 1. The zero-order valence-corrected chi connectivity index (χ0v) is 17.7. The molecule has 4 aromatic rings. The maximum atomic E-state index is 14.4. The monoisotopic (exact) mass is 428 g/mol. The first kappa shape index (κ1) is 21.0. The fourth-order valence-corrected chi connectivity index (χ4v) is 3.41. The molecule has 8 heteroatoms. The fraction of sp³-hybridized carbons (Fsp3) is 0.125. The third kappa shape index (κ3) is 4.02. The molecule has 0 aliphatic heterocycles. The van der Waals surface area contributed by atoms with Gasteiger partial charge < -0.3 is 5.32 Å². The standard InChI is InChI=1S/C24H21FN6O/c1-4-16-10-15(6-9-21(16)27-5-2)11-18-13-28-24-29-14-22(30-31(18)24)17-7-8-19(20(25)12-17)23(32)26-3/h4-10,12-14H,1,11H2,2-3H3,(H,26,32). The molecule has 7 nitrogen and oxygen atoms in total. The van der Waals surface area contributed by atoms with E-state index in [2.05, 4.69) is 32.0 Å². The summed E-state index contributed by atoms with van der Waals surface area (Å²) >= 11 is 0. The van der Waals surface area contributed by atoms with E-state index in [9.17, 15) is 9.18 Å². The Labute approximate surface area is 184 Å². The number of aliphatic imine (C=N–C) groups is 1. The van der Waals surface area contributed by atoms with Crippen LogP contribution in [0.25, 0.3) is 23.1 Å². The molecule has 2 aromatic heterocycles. The molecule has 2 heterocycles. The van der Waals surface area contributed by atoms with Crippen LogP contribution in [0.5, 0.6) is 0 Å². The van der Waals surface area contributed by atoms with E-state index in [4.69, 9.17) is 0 Å². The number of hydrogen-bond donors (Lipinski definition) is 1. The van der Waals surface area contributed by atoms with Crippen LogP contribution in [0.3, 0.4) is 0 Å². The van der Waals surface area contributed by atoms with Gasteiger partial charge in [0.15, 0.2) is 0 Å². The lowest BCUT2D eigenvalue weighted by atomic mass is 10.0. The van der Waals surface area contributed by atoms with Crippen LogP contribution in [0, 0.1) is 5.82 Å². The molecule has 1 amide bonds. The van der Waals surface area contributed by atoms with Gasteiger partial charge in [-0.25, -0.2) is 18.9 Å². The van der Waals surface area contributed by atoms with Gasteiger partial charge in [-0.05, 0) is 42.3 Å². The van der Waals surface area contributed by atoms with Gasteiger partial charge >= 0.3 is 0 Å². The Morgan fingerprint density at radius 2 is 2.03 bits per heavy atom. The number of nitrogens with zero attached hydrogens (tertiary/aromatic N) is 5. The summed E-state index contributed by atoms with van der Waals surface area (Å²) in [5, 5.41) is 7.03. The summed E-state index contributed by atoms with van der Waals surface area (Å²) in [6, 6.07) is 10.3. The van der Waals surface area contributed by atoms with Gasteiger partial charge in [0.2, 0.25) is 0 Å². The maximum absolute atomic E-state index is 14.4. The molecule has 0 fully saturated rings. The molecular weight excluding hydrogens is 407 g/mol. The molecule has 0 unspecified atom stereocenters. The molecular formula is C24H21FN6O. The minimum atomic E-state index is -0.624. The van der Waals surface area contributed by atoms with Crippen LogP contribution in [0.4, 0.5) is 10.1 Å². The Balaban J connectivity index is 1.69. The van der Waals surface area contributed by atoms with E-state index in [1.807, 2.05) is 25.1 Å². The summed E-state index contributed by atoms with van der Waals surface area (Å²) < 4.78 is 16.1. The molecule has 1 N–H and O–H groups in total. The van der Waals surface area contributed by atoms with Crippen molar-refractivity contribution >= 4 is 29.7 Å². The summed E-state index contributed by atoms with van der Waals surface area (Å²) in [7, 11) is 1.46. The second-order valence-corrected chi connectivity index (χ2v) is 7.04. The van der Waals surface area contributed by atoms with Gasteiger partial charge in [-0.15, -0.1) is 0 Å². The quantitative estimate of drug-likeness (QED) is 0.466. The first-order chi connectivity index (χ1) is 15.5. The second-order valence-electron chi connectivity index (χ2n) is 7.04. The zero-order valence-electron chi connectivity index (χ0n) is 17.7. The third-order valence-electron chi connectivity index (χ3n) is 5.00.